The maximum atomic E-state index is 16.5. The molecule has 68 heavy (non-hydrogen) atoms. The SMILES string of the molecule is CC(C)C(N)C(=O)NC(CCCNC(N)=O)C(=O)Cc1ccc(CSP2(=O)OC[C@H]3O[C@@H](n4cnc5c(N)ncnc54)[C@H](F)[C@@H]3OP(=O)(O)OC[C@H]3O[C@@H](n4ccc(=O)[nH]c4=O)[C@H](F)[C@@H]3O2)cc1. The van der Waals surface area contributed by atoms with Crippen LogP contribution in [0.4, 0.5) is 19.4 Å². The number of ether oxygens (including phenoxy) is 2. The molecule has 3 aromatic heterocycles. The van der Waals surface area contributed by atoms with Crippen LogP contribution in [-0.4, -0.2) is 120 Å². The summed E-state index contributed by atoms with van der Waals surface area (Å²) < 4.78 is 97.1. The van der Waals surface area contributed by atoms with Gasteiger partial charge >= 0.3 is 26.3 Å². The Morgan fingerprint density at radius 3 is 2.26 bits per heavy atom. The van der Waals surface area contributed by atoms with Gasteiger partial charge in [-0.3, -0.25) is 46.6 Å². The third kappa shape index (κ3) is 11.9. The molecule has 7 rings (SSSR count). The second kappa shape index (κ2) is 21.3. The van der Waals surface area contributed by atoms with Crippen LogP contribution in [0, 0.1) is 5.92 Å². The average molecular weight is 1020 g/mol. The van der Waals surface area contributed by atoms with Crippen molar-refractivity contribution < 1.29 is 64.8 Å². The van der Waals surface area contributed by atoms with E-state index in [0.717, 1.165) is 29.5 Å². The molecular formula is C38H49F2N11O14P2S. The number of alkyl halides is 2. The summed E-state index contributed by atoms with van der Waals surface area (Å²) in [4.78, 5) is 86.9. The lowest BCUT2D eigenvalue weighted by atomic mass is 9.98. The summed E-state index contributed by atoms with van der Waals surface area (Å²) in [6, 6.07) is 4.80. The molecule has 4 aromatic rings. The molecule has 3 saturated heterocycles. The first-order valence-electron chi connectivity index (χ1n) is 21.0. The number of carbonyl (C=O) groups is 3. The lowest BCUT2D eigenvalue weighted by Gasteiger charge is -2.29. The van der Waals surface area contributed by atoms with Crippen LogP contribution in [0.2, 0.25) is 0 Å². The van der Waals surface area contributed by atoms with Gasteiger partial charge in [0.25, 0.3) is 5.56 Å². The van der Waals surface area contributed by atoms with Gasteiger partial charge in [0.15, 0.2) is 42.0 Å². The number of benzene rings is 1. The molecule has 0 radical (unpaired) electrons. The first kappa shape index (κ1) is 50.9. The Morgan fingerprint density at radius 2 is 1.60 bits per heavy atom. The molecule has 12 atom stereocenters. The summed E-state index contributed by atoms with van der Waals surface area (Å²) >= 11 is 0.570. The summed E-state index contributed by atoms with van der Waals surface area (Å²) in [7, 11) is -5.27. The topological polar surface area (TPSA) is 362 Å². The van der Waals surface area contributed by atoms with E-state index in [1.807, 2.05) is 4.98 Å². The molecule has 0 saturated carbocycles. The van der Waals surface area contributed by atoms with E-state index in [0.29, 0.717) is 33.5 Å². The fraction of sp³-hybridized carbons (Fsp3) is 0.526. The Labute approximate surface area is 388 Å². The maximum Gasteiger partial charge on any atom is 0.472 e. The van der Waals surface area contributed by atoms with E-state index in [1.165, 1.54) is 0 Å². The highest BCUT2D eigenvalue weighted by atomic mass is 32.7. The van der Waals surface area contributed by atoms with E-state index in [1.54, 1.807) is 38.1 Å². The van der Waals surface area contributed by atoms with Crippen molar-refractivity contribution >= 4 is 60.7 Å². The molecule has 0 spiro atoms. The number of aromatic amines is 1. The summed E-state index contributed by atoms with van der Waals surface area (Å²) in [5.74, 6) is -1.25. The number of amides is 3. The van der Waals surface area contributed by atoms with Crippen LogP contribution in [0.25, 0.3) is 11.2 Å². The van der Waals surface area contributed by atoms with Crippen LogP contribution in [0.15, 0.2) is 58.8 Å². The van der Waals surface area contributed by atoms with Crippen LogP contribution in [0.3, 0.4) is 0 Å². The number of carbonyl (C=O) groups excluding carboxylic acids is 3. The highest BCUT2D eigenvalue weighted by Crippen LogP contribution is 2.65. The van der Waals surface area contributed by atoms with E-state index in [9.17, 15) is 38.0 Å². The van der Waals surface area contributed by atoms with E-state index in [2.05, 4.69) is 25.6 Å². The average Bonchev–Trinajstić information content (AvgIpc) is 3.95. The molecule has 3 aliphatic heterocycles. The number of fused-ring (bicyclic) bond motifs is 3. The lowest BCUT2D eigenvalue weighted by Crippen LogP contribution is -2.50. The number of halogens is 2. The van der Waals surface area contributed by atoms with Gasteiger partial charge in [0, 0.05) is 31.0 Å². The zero-order valence-corrected chi connectivity index (χ0v) is 38.8. The van der Waals surface area contributed by atoms with Gasteiger partial charge < -0.3 is 42.2 Å². The number of primary amides is 1. The summed E-state index contributed by atoms with van der Waals surface area (Å²) in [6.45, 7) is -2.83. The first-order valence-corrected chi connectivity index (χ1v) is 25.6. The van der Waals surface area contributed by atoms with Crippen molar-refractivity contribution in [3.63, 3.8) is 0 Å². The van der Waals surface area contributed by atoms with Crippen LogP contribution >= 0.6 is 26.0 Å². The zero-order chi connectivity index (χ0) is 49.1. The van der Waals surface area contributed by atoms with Gasteiger partial charge in [-0.25, -0.2) is 42.5 Å². The summed E-state index contributed by atoms with van der Waals surface area (Å²) in [5, 5.41) is 5.15. The van der Waals surface area contributed by atoms with Gasteiger partial charge in [-0.1, -0.05) is 38.1 Å². The monoisotopic (exact) mass is 1020 g/mol. The van der Waals surface area contributed by atoms with Crippen molar-refractivity contribution in [2.24, 2.45) is 17.4 Å². The van der Waals surface area contributed by atoms with Crippen LogP contribution in [-0.2, 0) is 58.5 Å². The number of hydrogen-bond donors (Lipinski definition) is 7. The lowest BCUT2D eigenvalue weighted by molar-refractivity contribution is -0.129. The predicted molar refractivity (Wildman–Crippen MR) is 236 cm³/mol. The number of phosphoric ester groups is 1. The second-order valence-electron chi connectivity index (χ2n) is 16.3. The van der Waals surface area contributed by atoms with Crippen LogP contribution in [0.5, 0.6) is 0 Å². The molecule has 6 heterocycles. The highest BCUT2D eigenvalue weighted by Gasteiger charge is 2.55. The molecule has 0 aliphatic carbocycles. The minimum atomic E-state index is -5.27. The number of nitrogens with one attached hydrogen (secondary N) is 3. The number of hydrogen-bond acceptors (Lipinski definition) is 19. The van der Waals surface area contributed by atoms with Gasteiger partial charge in [0.05, 0.1) is 31.6 Å². The maximum absolute atomic E-state index is 16.5. The molecule has 370 valence electrons. The van der Waals surface area contributed by atoms with Crippen molar-refractivity contribution in [3.05, 3.63) is 81.1 Å². The second-order valence-corrected chi connectivity index (χ2v) is 21.7. The number of nitrogen functional groups attached to an aromatic ring is 1. The highest BCUT2D eigenvalue weighted by molar-refractivity contribution is 8.54. The molecule has 4 unspecified atom stereocenters. The summed E-state index contributed by atoms with van der Waals surface area (Å²) in [6.07, 6.45) is -11.7. The molecule has 3 fully saturated rings. The number of rotatable bonds is 15. The third-order valence-electron chi connectivity index (χ3n) is 11.1. The van der Waals surface area contributed by atoms with Crippen molar-refractivity contribution in [2.75, 3.05) is 25.5 Å². The largest absolute Gasteiger partial charge is 0.472 e. The van der Waals surface area contributed by atoms with E-state index < -0.39 is 112 Å². The quantitative estimate of drug-likeness (QED) is 0.0654. The fourth-order valence-electron chi connectivity index (χ4n) is 7.44. The third-order valence-corrected chi connectivity index (χ3v) is 15.8. The van der Waals surface area contributed by atoms with Crippen molar-refractivity contribution in [1.82, 2.24) is 39.7 Å². The van der Waals surface area contributed by atoms with Crippen molar-refractivity contribution in [3.8, 4) is 0 Å². The Bertz CT molecular complexity index is 2700. The van der Waals surface area contributed by atoms with E-state index >= 15 is 8.78 Å². The molecular weight excluding hydrogens is 966 g/mol. The number of H-pyrrole nitrogens is 1. The van der Waals surface area contributed by atoms with Gasteiger partial charge in [0.2, 0.25) is 5.91 Å². The van der Waals surface area contributed by atoms with E-state index in [-0.39, 0.29) is 53.8 Å². The molecule has 30 heteroatoms. The van der Waals surface area contributed by atoms with Gasteiger partial charge in [0.1, 0.15) is 36.3 Å². The molecule has 10 N–H and O–H groups in total. The molecule has 3 aliphatic rings. The molecule has 0 bridgehead atoms. The number of nitrogens with two attached hydrogens (primary N) is 3. The number of imidazole rings is 1. The van der Waals surface area contributed by atoms with Crippen LogP contribution < -0.4 is 39.1 Å². The number of ketones is 1. The standard InChI is InChI=1S/C38H49F2N11O14P2S/c1-18(2)28(41)34(54)48-21(4-3-10-44-37(43)55)22(52)12-19-5-7-20(8-6-19)15-68-67(59)61-14-24-30(26(39)36(63-24)51-17-47-29-32(42)45-16-46-33(29)51)64-66(57,58)60-13-23-31(65-67)27(40)35(62-23)50-11-9-25(53)49-38(50)56/h5-9,11,16-18,21,23-24,26-28,30-31,35-36H,3-4,10,12-15,41H2,1-2H3,(H,48,54)(H,57,58)(H2,42,45,46)(H3,43,44,55)(H,49,53,56)/t21?,23-,24-,26-,27-,28?,30-,31-,35-,36-,67?/m1/s1. The minimum Gasteiger partial charge on any atom is -0.382 e. The van der Waals surface area contributed by atoms with Gasteiger partial charge in [-0.15, -0.1) is 0 Å². The number of nitrogens with zero attached hydrogens (tertiary/aromatic N) is 5. The molecule has 3 amide bonds. The number of Topliss-reactive ketones (excluding diaryl/α,β-unsaturated/α-hetero) is 1. The Morgan fingerprint density at radius 1 is 0.956 bits per heavy atom. The van der Waals surface area contributed by atoms with Gasteiger partial charge in [-0.2, -0.15) is 0 Å². The van der Waals surface area contributed by atoms with Crippen LogP contribution in [0.1, 0.15) is 50.3 Å². The van der Waals surface area contributed by atoms with Gasteiger partial charge in [-0.05, 0) is 41.3 Å². The molecule has 1 aromatic carbocycles. The first-order chi connectivity index (χ1) is 32.2. The zero-order valence-electron chi connectivity index (χ0n) is 36.2. The summed E-state index contributed by atoms with van der Waals surface area (Å²) in [5.41, 5.74) is 16.4. The van der Waals surface area contributed by atoms with Crippen molar-refractivity contribution in [1.29, 1.82) is 0 Å². The smallest absolute Gasteiger partial charge is 0.382 e. The number of anilines is 1. The van der Waals surface area contributed by atoms with E-state index in [4.69, 9.17) is 44.8 Å². The Hall–Kier alpha value is -4.99. The molecule has 25 nitrogen and oxygen atoms in total. The predicted octanol–water partition coefficient (Wildman–Crippen LogP) is 1.42. The number of aromatic nitrogens is 6. The normalized spacial score (nSPS) is 29.6. The minimum absolute atomic E-state index is 0.0313. The Kier molecular flexibility index (Phi) is 16.0. The van der Waals surface area contributed by atoms with Crippen molar-refractivity contribution in [2.45, 2.75) is 100 Å². The number of phosphoric acid groups is 1. The fourth-order valence-corrected chi connectivity index (χ4v) is 11.8. The number of urea groups is 1. The Balaban J connectivity index is 1.12.